The number of hydrogen-bond acceptors (Lipinski definition) is 3. The molecule has 0 saturated carbocycles. The van der Waals surface area contributed by atoms with E-state index in [2.05, 4.69) is 0 Å². The Morgan fingerprint density at radius 1 is 1.33 bits per heavy atom. The molecule has 0 amide bonds. The summed E-state index contributed by atoms with van der Waals surface area (Å²) in [5.74, 6) is 0.296. The second kappa shape index (κ2) is 2.81. The van der Waals surface area contributed by atoms with Crippen molar-refractivity contribution in [3.63, 3.8) is 0 Å². The van der Waals surface area contributed by atoms with Crippen molar-refractivity contribution in [3.8, 4) is 0 Å². The van der Waals surface area contributed by atoms with Gasteiger partial charge in [0.05, 0.1) is 6.08 Å². The maximum absolute atomic E-state index is 11.0. The summed E-state index contributed by atoms with van der Waals surface area (Å²) in [4.78, 5) is 11.0. The van der Waals surface area contributed by atoms with Crippen LogP contribution in [0.15, 0.2) is 11.8 Å². The molecule has 12 heavy (non-hydrogen) atoms. The lowest BCUT2D eigenvalue weighted by Crippen LogP contribution is -2.35. The summed E-state index contributed by atoms with van der Waals surface area (Å²) in [7, 11) is 0. The van der Waals surface area contributed by atoms with Gasteiger partial charge in [-0.25, -0.2) is 4.79 Å². The van der Waals surface area contributed by atoms with Crippen LogP contribution in [0.4, 0.5) is 0 Å². The molecule has 1 rings (SSSR count). The van der Waals surface area contributed by atoms with Crippen molar-refractivity contribution in [1.82, 2.24) is 0 Å². The number of cyclic esters (lactones) is 1. The zero-order chi connectivity index (χ0) is 9.35. The first-order chi connectivity index (χ1) is 5.39. The van der Waals surface area contributed by atoms with E-state index in [4.69, 9.17) is 9.47 Å². The highest BCUT2D eigenvalue weighted by Gasteiger charge is 2.32. The lowest BCUT2D eigenvalue weighted by Gasteiger charge is -2.32. The normalized spacial score (nSPS) is 24.2. The summed E-state index contributed by atoms with van der Waals surface area (Å²) in [6.07, 6.45) is 0.886. The van der Waals surface area contributed by atoms with Gasteiger partial charge >= 0.3 is 5.97 Å². The van der Waals surface area contributed by atoms with Gasteiger partial charge in [0.25, 0.3) is 0 Å². The molecule has 1 atom stereocenters. The lowest BCUT2D eigenvalue weighted by molar-refractivity contribution is -0.194. The van der Waals surface area contributed by atoms with Crippen LogP contribution in [-0.2, 0) is 14.3 Å². The largest absolute Gasteiger partial charge is 0.459 e. The van der Waals surface area contributed by atoms with E-state index in [1.807, 2.05) is 20.8 Å². The molecule has 0 N–H and O–H groups in total. The maximum Gasteiger partial charge on any atom is 0.337 e. The van der Waals surface area contributed by atoms with Crippen molar-refractivity contribution < 1.29 is 14.3 Å². The average Bonchev–Trinajstić information content (AvgIpc) is 1.82. The molecule has 0 aromatic carbocycles. The van der Waals surface area contributed by atoms with Crippen molar-refractivity contribution in [2.45, 2.75) is 34.0 Å². The molecule has 0 bridgehead atoms. The first-order valence-electron chi connectivity index (χ1n) is 3.95. The van der Waals surface area contributed by atoms with Crippen LogP contribution in [0.1, 0.15) is 27.7 Å². The van der Waals surface area contributed by atoms with E-state index in [1.54, 1.807) is 6.92 Å². The van der Waals surface area contributed by atoms with Crippen LogP contribution >= 0.6 is 0 Å². The Bertz CT molecular complexity index is 222. The highest BCUT2D eigenvalue weighted by molar-refractivity contribution is 5.83. The smallest absolute Gasteiger partial charge is 0.337 e. The van der Waals surface area contributed by atoms with Crippen LogP contribution in [0.25, 0.3) is 0 Å². The molecule has 0 aliphatic carbocycles. The molecule has 0 spiro atoms. The molecule has 0 aromatic heterocycles. The van der Waals surface area contributed by atoms with E-state index in [1.165, 1.54) is 6.08 Å². The molecule has 1 aliphatic rings. The molecule has 0 saturated heterocycles. The van der Waals surface area contributed by atoms with Crippen LogP contribution in [0.2, 0.25) is 0 Å². The minimum Gasteiger partial charge on any atom is -0.459 e. The summed E-state index contributed by atoms with van der Waals surface area (Å²) in [6.45, 7) is 7.63. The minimum atomic E-state index is -0.463. The third kappa shape index (κ3) is 2.00. The molecule has 1 aliphatic heterocycles. The zero-order valence-corrected chi connectivity index (χ0v) is 7.88. The van der Waals surface area contributed by atoms with Gasteiger partial charge < -0.3 is 9.47 Å². The van der Waals surface area contributed by atoms with Gasteiger partial charge in [0, 0.05) is 5.41 Å². The van der Waals surface area contributed by atoms with Crippen molar-refractivity contribution in [3.05, 3.63) is 11.8 Å². The van der Waals surface area contributed by atoms with E-state index in [-0.39, 0.29) is 11.4 Å². The van der Waals surface area contributed by atoms with E-state index < -0.39 is 6.29 Å². The SMILES string of the molecule is CC1=CC(=O)O[C@H](C(C)(C)C)O1. The monoisotopic (exact) mass is 170 g/mol. The number of esters is 1. The minimum absolute atomic E-state index is 0.175. The molecule has 0 aromatic rings. The van der Waals surface area contributed by atoms with Crippen LogP contribution in [0.3, 0.4) is 0 Å². The van der Waals surface area contributed by atoms with Gasteiger partial charge in [-0.2, -0.15) is 0 Å². The third-order valence-electron chi connectivity index (χ3n) is 1.54. The molecule has 0 unspecified atom stereocenters. The van der Waals surface area contributed by atoms with Crippen LogP contribution in [0, 0.1) is 5.41 Å². The van der Waals surface area contributed by atoms with Gasteiger partial charge in [-0.3, -0.25) is 0 Å². The van der Waals surface area contributed by atoms with E-state index in [0.29, 0.717) is 5.76 Å². The summed E-state index contributed by atoms with van der Waals surface area (Å²) in [6, 6.07) is 0. The summed E-state index contributed by atoms with van der Waals surface area (Å²) >= 11 is 0. The van der Waals surface area contributed by atoms with Crippen LogP contribution in [0.5, 0.6) is 0 Å². The molecular weight excluding hydrogens is 156 g/mol. The Labute approximate surface area is 72.4 Å². The second-order valence-electron chi connectivity index (χ2n) is 4.01. The fraction of sp³-hybridized carbons (Fsp3) is 0.667. The fourth-order valence-electron chi connectivity index (χ4n) is 0.886. The Morgan fingerprint density at radius 3 is 2.33 bits per heavy atom. The molecule has 3 nitrogen and oxygen atoms in total. The summed E-state index contributed by atoms with van der Waals surface area (Å²) in [5, 5.41) is 0. The first kappa shape index (κ1) is 9.10. The van der Waals surface area contributed by atoms with Gasteiger partial charge in [-0.1, -0.05) is 20.8 Å². The first-order valence-corrected chi connectivity index (χ1v) is 3.95. The number of hydrogen-bond donors (Lipinski definition) is 0. The maximum atomic E-state index is 11.0. The molecule has 0 radical (unpaired) electrons. The lowest BCUT2D eigenvalue weighted by atomic mass is 9.95. The zero-order valence-electron chi connectivity index (χ0n) is 7.88. The molecule has 1 heterocycles. The quantitative estimate of drug-likeness (QED) is 0.520. The Kier molecular flexibility index (Phi) is 2.13. The van der Waals surface area contributed by atoms with Crippen LogP contribution < -0.4 is 0 Å². The third-order valence-corrected chi connectivity index (χ3v) is 1.54. The highest BCUT2D eigenvalue weighted by atomic mass is 16.7. The van der Waals surface area contributed by atoms with Gasteiger partial charge in [0.1, 0.15) is 5.76 Å². The fourth-order valence-corrected chi connectivity index (χ4v) is 0.886. The van der Waals surface area contributed by atoms with E-state index in [0.717, 1.165) is 0 Å². The standard InChI is InChI=1S/C9H14O3/c1-6-5-7(10)12-8(11-6)9(2,3)4/h5,8H,1-4H3/t8-/m1/s1. The summed E-state index contributed by atoms with van der Waals surface area (Å²) in [5.41, 5.74) is -0.175. The topological polar surface area (TPSA) is 35.5 Å². The Hall–Kier alpha value is -0.990. The predicted octanol–water partition coefficient (Wildman–Crippen LogP) is 1.84. The number of carbonyl (C=O) groups is 1. The highest BCUT2D eigenvalue weighted by Crippen LogP contribution is 2.27. The molecular formula is C9H14O3. The van der Waals surface area contributed by atoms with Gasteiger partial charge in [0.15, 0.2) is 0 Å². The molecule has 0 fully saturated rings. The Morgan fingerprint density at radius 2 is 1.92 bits per heavy atom. The Balaban J connectivity index is 2.74. The second-order valence-corrected chi connectivity index (χ2v) is 4.01. The van der Waals surface area contributed by atoms with E-state index in [9.17, 15) is 4.79 Å². The predicted molar refractivity (Wildman–Crippen MR) is 44.2 cm³/mol. The van der Waals surface area contributed by atoms with E-state index >= 15 is 0 Å². The van der Waals surface area contributed by atoms with Gasteiger partial charge in [0.2, 0.25) is 6.29 Å². The molecule has 68 valence electrons. The van der Waals surface area contributed by atoms with Gasteiger partial charge in [-0.15, -0.1) is 0 Å². The van der Waals surface area contributed by atoms with Crippen molar-refractivity contribution >= 4 is 5.97 Å². The number of carbonyl (C=O) groups excluding carboxylic acids is 1. The van der Waals surface area contributed by atoms with Crippen LogP contribution in [-0.4, -0.2) is 12.3 Å². The number of allylic oxidation sites excluding steroid dienone is 1. The number of ether oxygens (including phenoxy) is 2. The van der Waals surface area contributed by atoms with Crippen molar-refractivity contribution in [1.29, 1.82) is 0 Å². The molecule has 3 heteroatoms. The van der Waals surface area contributed by atoms with Crippen molar-refractivity contribution in [2.24, 2.45) is 5.41 Å². The number of rotatable bonds is 0. The summed E-state index contributed by atoms with van der Waals surface area (Å²) < 4.78 is 10.3. The average molecular weight is 170 g/mol. The van der Waals surface area contributed by atoms with Gasteiger partial charge in [-0.05, 0) is 6.92 Å². The van der Waals surface area contributed by atoms with Crippen molar-refractivity contribution in [2.75, 3.05) is 0 Å².